The number of aromatic hydroxyl groups is 1. The van der Waals surface area contributed by atoms with Crippen molar-refractivity contribution in [2.75, 3.05) is 5.32 Å². The molecule has 0 atom stereocenters. The Bertz CT molecular complexity index is 555. The number of anilines is 1. The number of hydrogen-bond donors (Lipinski definition) is 2. The number of nitrogens with zero attached hydrogens (tertiary/aromatic N) is 1. The van der Waals surface area contributed by atoms with Crippen molar-refractivity contribution in [1.82, 2.24) is 4.98 Å². The van der Waals surface area contributed by atoms with Gasteiger partial charge in [0, 0.05) is 6.20 Å². The Kier molecular flexibility index (Phi) is 3.79. The average Bonchev–Trinajstić information content (AvgIpc) is 2.35. The predicted molar refractivity (Wildman–Crippen MR) is 69.7 cm³/mol. The summed E-state index contributed by atoms with van der Waals surface area (Å²) >= 11 is 5.90. The summed E-state index contributed by atoms with van der Waals surface area (Å²) < 4.78 is 0. The standard InChI is InChI=1S/C13H11ClN2O2/c14-11-5-6-15-8-12(11)16-13(18)7-9-1-3-10(17)4-2-9/h1-6,8,17H,7H2,(H,16,18). The molecule has 1 aromatic heterocycles. The molecule has 5 heteroatoms. The molecule has 0 bridgehead atoms. The van der Waals surface area contributed by atoms with E-state index in [1.807, 2.05) is 0 Å². The van der Waals surface area contributed by atoms with Gasteiger partial charge in [-0.15, -0.1) is 0 Å². The van der Waals surface area contributed by atoms with Crippen molar-refractivity contribution in [2.24, 2.45) is 0 Å². The van der Waals surface area contributed by atoms with Gasteiger partial charge in [0.05, 0.1) is 23.3 Å². The largest absolute Gasteiger partial charge is 0.508 e. The van der Waals surface area contributed by atoms with E-state index in [9.17, 15) is 4.79 Å². The highest BCUT2D eigenvalue weighted by Gasteiger charge is 2.06. The minimum Gasteiger partial charge on any atom is -0.508 e. The molecule has 0 aliphatic rings. The van der Waals surface area contributed by atoms with E-state index in [1.54, 1.807) is 36.5 Å². The first-order valence-corrected chi connectivity index (χ1v) is 5.70. The monoisotopic (exact) mass is 262 g/mol. The number of nitrogens with one attached hydrogen (secondary N) is 1. The fourth-order valence-electron chi connectivity index (χ4n) is 1.46. The van der Waals surface area contributed by atoms with E-state index in [2.05, 4.69) is 10.3 Å². The van der Waals surface area contributed by atoms with Crippen molar-refractivity contribution < 1.29 is 9.90 Å². The van der Waals surface area contributed by atoms with Gasteiger partial charge in [0.2, 0.25) is 5.91 Å². The van der Waals surface area contributed by atoms with Crippen LogP contribution in [0.15, 0.2) is 42.7 Å². The lowest BCUT2D eigenvalue weighted by Crippen LogP contribution is -2.14. The van der Waals surface area contributed by atoms with E-state index in [0.29, 0.717) is 10.7 Å². The molecular weight excluding hydrogens is 252 g/mol. The number of phenolic OH excluding ortho intramolecular Hbond substituents is 1. The Morgan fingerprint density at radius 3 is 2.67 bits per heavy atom. The van der Waals surface area contributed by atoms with Gasteiger partial charge in [0.25, 0.3) is 0 Å². The van der Waals surface area contributed by atoms with Crippen molar-refractivity contribution in [3.05, 3.63) is 53.3 Å². The van der Waals surface area contributed by atoms with Crippen molar-refractivity contribution in [2.45, 2.75) is 6.42 Å². The quantitative estimate of drug-likeness (QED) is 0.894. The molecule has 4 nitrogen and oxygen atoms in total. The lowest BCUT2D eigenvalue weighted by atomic mass is 10.1. The van der Waals surface area contributed by atoms with Crippen LogP contribution in [-0.2, 0) is 11.2 Å². The van der Waals surface area contributed by atoms with Gasteiger partial charge in [-0.25, -0.2) is 0 Å². The maximum Gasteiger partial charge on any atom is 0.228 e. The first-order chi connectivity index (χ1) is 8.65. The second kappa shape index (κ2) is 5.51. The van der Waals surface area contributed by atoms with Gasteiger partial charge >= 0.3 is 0 Å². The number of amides is 1. The number of benzene rings is 1. The molecule has 0 saturated carbocycles. The smallest absolute Gasteiger partial charge is 0.228 e. The molecule has 18 heavy (non-hydrogen) atoms. The Morgan fingerprint density at radius 2 is 2.00 bits per heavy atom. The summed E-state index contributed by atoms with van der Waals surface area (Å²) in [6.45, 7) is 0. The van der Waals surface area contributed by atoms with Gasteiger partial charge in [0.1, 0.15) is 5.75 Å². The summed E-state index contributed by atoms with van der Waals surface area (Å²) in [4.78, 5) is 15.6. The molecule has 2 N–H and O–H groups in total. The number of hydrogen-bond acceptors (Lipinski definition) is 3. The zero-order valence-electron chi connectivity index (χ0n) is 9.43. The molecule has 0 saturated heterocycles. The number of aromatic nitrogens is 1. The molecule has 1 heterocycles. The molecule has 1 amide bonds. The summed E-state index contributed by atoms with van der Waals surface area (Å²) in [6.07, 6.45) is 3.26. The van der Waals surface area contributed by atoms with Crippen LogP contribution in [0, 0.1) is 0 Å². The van der Waals surface area contributed by atoms with Gasteiger partial charge in [-0.2, -0.15) is 0 Å². The van der Waals surface area contributed by atoms with Crippen molar-refractivity contribution in [3.63, 3.8) is 0 Å². The molecule has 0 aliphatic heterocycles. The molecule has 0 spiro atoms. The summed E-state index contributed by atoms with van der Waals surface area (Å²) in [6, 6.07) is 8.08. The van der Waals surface area contributed by atoms with E-state index >= 15 is 0 Å². The molecule has 0 radical (unpaired) electrons. The van der Waals surface area contributed by atoms with Gasteiger partial charge in [-0.1, -0.05) is 23.7 Å². The number of rotatable bonds is 3. The van der Waals surface area contributed by atoms with Crippen LogP contribution in [-0.4, -0.2) is 16.0 Å². The van der Waals surface area contributed by atoms with Crippen molar-refractivity contribution >= 4 is 23.2 Å². The third kappa shape index (κ3) is 3.21. The van der Waals surface area contributed by atoms with E-state index in [0.717, 1.165) is 5.56 Å². The van der Waals surface area contributed by atoms with Gasteiger partial charge in [-0.3, -0.25) is 9.78 Å². The zero-order chi connectivity index (χ0) is 13.0. The Morgan fingerprint density at radius 1 is 1.28 bits per heavy atom. The highest BCUT2D eigenvalue weighted by molar-refractivity contribution is 6.33. The molecule has 0 unspecified atom stereocenters. The van der Waals surface area contributed by atoms with Crippen LogP contribution >= 0.6 is 11.6 Å². The van der Waals surface area contributed by atoms with Crippen LogP contribution in [0.4, 0.5) is 5.69 Å². The van der Waals surface area contributed by atoms with Gasteiger partial charge in [-0.05, 0) is 23.8 Å². The minimum atomic E-state index is -0.185. The lowest BCUT2D eigenvalue weighted by Gasteiger charge is -2.06. The number of carbonyl (C=O) groups excluding carboxylic acids is 1. The Labute approximate surface area is 109 Å². The molecule has 92 valence electrons. The topological polar surface area (TPSA) is 62.2 Å². The van der Waals surface area contributed by atoms with Crippen LogP contribution < -0.4 is 5.32 Å². The van der Waals surface area contributed by atoms with E-state index in [1.165, 1.54) is 6.20 Å². The molecule has 0 fully saturated rings. The van der Waals surface area contributed by atoms with Crippen LogP contribution in [0.3, 0.4) is 0 Å². The maximum absolute atomic E-state index is 11.8. The number of pyridine rings is 1. The highest BCUT2D eigenvalue weighted by atomic mass is 35.5. The fourth-order valence-corrected chi connectivity index (χ4v) is 1.62. The van der Waals surface area contributed by atoms with E-state index < -0.39 is 0 Å². The Balaban J connectivity index is 2.01. The number of phenols is 1. The Hall–Kier alpha value is -2.07. The summed E-state index contributed by atoms with van der Waals surface area (Å²) in [5.74, 6) is -0.00921. The first-order valence-electron chi connectivity index (χ1n) is 5.32. The fraction of sp³-hybridized carbons (Fsp3) is 0.0769. The van der Waals surface area contributed by atoms with Crippen LogP contribution in [0.5, 0.6) is 5.75 Å². The van der Waals surface area contributed by atoms with E-state index in [-0.39, 0.29) is 18.1 Å². The second-order valence-corrected chi connectivity index (χ2v) is 4.15. The average molecular weight is 263 g/mol. The van der Waals surface area contributed by atoms with Crippen molar-refractivity contribution in [3.8, 4) is 5.75 Å². The summed E-state index contributed by atoms with van der Waals surface area (Å²) in [7, 11) is 0. The molecule has 2 rings (SSSR count). The maximum atomic E-state index is 11.8. The predicted octanol–water partition coefficient (Wildman–Crippen LogP) is 2.62. The zero-order valence-corrected chi connectivity index (χ0v) is 10.2. The molecule has 2 aromatic rings. The number of halogens is 1. The lowest BCUT2D eigenvalue weighted by molar-refractivity contribution is -0.115. The third-order valence-corrected chi connectivity index (χ3v) is 2.67. The highest BCUT2D eigenvalue weighted by Crippen LogP contribution is 2.19. The van der Waals surface area contributed by atoms with Crippen LogP contribution in [0.1, 0.15) is 5.56 Å². The molecular formula is C13H11ClN2O2. The minimum absolute atomic E-state index is 0.175. The summed E-state index contributed by atoms with van der Waals surface area (Å²) in [5, 5.41) is 12.3. The van der Waals surface area contributed by atoms with Gasteiger partial charge < -0.3 is 10.4 Å². The molecule has 1 aromatic carbocycles. The van der Waals surface area contributed by atoms with E-state index in [4.69, 9.17) is 16.7 Å². The normalized spacial score (nSPS) is 10.1. The molecule has 0 aliphatic carbocycles. The van der Waals surface area contributed by atoms with Crippen LogP contribution in [0.2, 0.25) is 5.02 Å². The van der Waals surface area contributed by atoms with Crippen LogP contribution in [0.25, 0.3) is 0 Å². The van der Waals surface area contributed by atoms with Gasteiger partial charge in [0.15, 0.2) is 0 Å². The SMILES string of the molecule is O=C(Cc1ccc(O)cc1)Nc1cnccc1Cl. The van der Waals surface area contributed by atoms with Crippen molar-refractivity contribution in [1.29, 1.82) is 0 Å². The summed E-state index contributed by atoms with van der Waals surface area (Å²) in [5.41, 5.74) is 1.30. The second-order valence-electron chi connectivity index (χ2n) is 3.75. The third-order valence-electron chi connectivity index (χ3n) is 2.34. The first kappa shape index (κ1) is 12.4. The number of carbonyl (C=O) groups is 1.